The van der Waals surface area contributed by atoms with Crippen LogP contribution in [0.2, 0.25) is 0 Å². The van der Waals surface area contributed by atoms with Crippen LogP contribution in [0.5, 0.6) is 5.75 Å². The van der Waals surface area contributed by atoms with E-state index in [4.69, 9.17) is 4.74 Å². The van der Waals surface area contributed by atoms with Crippen LogP contribution in [0.3, 0.4) is 0 Å². The zero-order chi connectivity index (χ0) is 18.1. The Labute approximate surface area is 150 Å². The lowest BCUT2D eigenvalue weighted by Crippen LogP contribution is -2.31. The summed E-state index contributed by atoms with van der Waals surface area (Å²) in [6.45, 7) is 6.74. The number of hydrogen-bond donors (Lipinski definition) is 2. The van der Waals surface area contributed by atoms with Crippen molar-refractivity contribution in [2.45, 2.75) is 46.1 Å². The Hall–Kier alpha value is -2.14. The predicted molar refractivity (Wildman–Crippen MR) is 101 cm³/mol. The Morgan fingerprint density at radius 3 is 2.68 bits per heavy atom. The van der Waals surface area contributed by atoms with Crippen LogP contribution in [0.15, 0.2) is 36.5 Å². The molecule has 5 heteroatoms. The van der Waals surface area contributed by atoms with E-state index < -0.39 is 0 Å². The quantitative estimate of drug-likeness (QED) is 0.645. The second-order valence-corrected chi connectivity index (χ2v) is 6.39. The number of ether oxygens (including phenoxy) is 1. The van der Waals surface area contributed by atoms with Crippen molar-refractivity contribution in [2.75, 3.05) is 18.5 Å². The van der Waals surface area contributed by atoms with Crippen LogP contribution in [-0.2, 0) is 6.42 Å². The minimum absolute atomic E-state index is 0.0500. The predicted octanol–water partition coefficient (Wildman–Crippen LogP) is 3.62. The van der Waals surface area contributed by atoms with E-state index in [0.29, 0.717) is 29.9 Å². The van der Waals surface area contributed by atoms with E-state index in [1.54, 1.807) is 6.20 Å². The maximum atomic E-state index is 9.64. The summed E-state index contributed by atoms with van der Waals surface area (Å²) in [4.78, 5) is 8.69. The lowest BCUT2D eigenvalue weighted by atomic mass is 10.00. The number of nitrogens with zero attached hydrogens (tertiary/aromatic N) is 2. The van der Waals surface area contributed by atoms with E-state index in [1.165, 1.54) is 5.56 Å². The Morgan fingerprint density at radius 2 is 2.00 bits per heavy atom. The zero-order valence-electron chi connectivity index (χ0n) is 15.4. The molecule has 1 aromatic heterocycles. The molecule has 1 heterocycles. The van der Waals surface area contributed by atoms with Gasteiger partial charge in [0, 0.05) is 0 Å². The number of nitrogens with one attached hydrogen (secondary N) is 1. The second-order valence-electron chi connectivity index (χ2n) is 6.39. The first-order valence-corrected chi connectivity index (χ1v) is 9.01. The molecule has 0 amide bonds. The molecule has 0 fully saturated rings. The zero-order valence-corrected chi connectivity index (χ0v) is 15.4. The fourth-order valence-electron chi connectivity index (χ4n) is 2.60. The number of anilines is 1. The molecule has 1 unspecified atom stereocenters. The van der Waals surface area contributed by atoms with Gasteiger partial charge < -0.3 is 15.2 Å². The summed E-state index contributed by atoms with van der Waals surface area (Å²) in [6.07, 6.45) is 4.59. The molecule has 2 atom stereocenters. The molecule has 2 N–H and O–H groups in total. The normalized spacial score (nSPS) is 13.3. The average Bonchev–Trinajstić information content (AvgIpc) is 2.64. The summed E-state index contributed by atoms with van der Waals surface area (Å²) in [7, 11) is 0. The number of aliphatic hydroxyl groups excluding tert-OH is 1. The molecule has 5 nitrogen and oxygen atoms in total. The Morgan fingerprint density at radius 1 is 1.24 bits per heavy atom. The van der Waals surface area contributed by atoms with Gasteiger partial charge in [0.15, 0.2) is 11.6 Å². The molecule has 2 rings (SSSR count). The lowest BCUT2D eigenvalue weighted by Gasteiger charge is -2.24. The Balaban J connectivity index is 1.95. The van der Waals surface area contributed by atoms with Gasteiger partial charge in [-0.3, -0.25) is 0 Å². The number of benzene rings is 1. The lowest BCUT2D eigenvalue weighted by molar-refractivity contribution is 0.240. The third kappa shape index (κ3) is 6.02. The van der Waals surface area contributed by atoms with Crippen LogP contribution in [0.25, 0.3) is 0 Å². The molecule has 0 aliphatic heterocycles. The summed E-state index contributed by atoms with van der Waals surface area (Å²) in [5.74, 6) is 2.32. The van der Waals surface area contributed by atoms with Gasteiger partial charge in [0.05, 0.1) is 25.5 Å². The molecule has 0 aliphatic carbocycles. The Bertz CT molecular complexity index is 634. The van der Waals surface area contributed by atoms with Crippen molar-refractivity contribution in [3.63, 3.8) is 0 Å². The standard InChI is InChI=1S/C20H29N3O2/c1-4-15(2)18(14-24)23-20-19(13-21-16(3)22-20)25-12-8-11-17-9-6-5-7-10-17/h5-7,9-10,13,15,18,24H,4,8,11-12,14H2,1-3H3,(H,21,22,23)/t15-,18?/m1/s1. The topological polar surface area (TPSA) is 67.3 Å². The van der Waals surface area contributed by atoms with Crippen molar-refractivity contribution in [1.82, 2.24) is 9.97 Å². The monoisotopic (exact) mass is 343 g/mol. The average molecular weight is 343 g/mol. The minimum atomic E-state index is -0.0500. The summed E-state index contributed by atoms with van der Waals surface area (Å²) < 4.78 is 5.90. The fourth-order valence-corrected chi connectivity index (χ4v) is 2.60. The molecule has 136 valence electrons. The summed E-state index contributed by atoms with van der Waals surface area (Å²) in [6, 6.07) is 10.3. The van der Waals surface area contributed by atoms with E-state index in [0.717, 1.165) is 19.3 Å². The van der Waals surface area contributed by atoms with Crippen LogP contribution >= 0.6 is 0 Å². The van der Waals surface area contributed by atoms with Gasteiger partial charge in [-0.15, -0.1) is 0 Å². The van der Waals surface area contributed by atoms with Gasteiger partial charge in [-0.2, -0.15) is 0 Å². The smallest absolute Gasteiger partial charge is 0.179 e. The molecule has 0 spiro atoms. The van der Waals surface area contributed by atoms with Crippen molar-refractivity contribution < 1.29 is 9.84 Å². The van der Waals surface area contributed by atoms with E-state index in [1.807, 2.05) is 13.0 Å². The number of rotatable bonds is 10. The summed E-state index contributed by atoms with van der Waals surface area (Å²) in [5, 5.41) is 13.0. The van der Waals surface area contributed by atoms with Gasteiger partial charge in [-0.1, -0.05) is 50.6 Å². The van der Waals surface area contributed by atoms with E-state index in [-0.39, 0.29) is 12.6 Å². The Kier molecular flexibility index (Phi) is 7.67. The maximum Gasteiger partial charge on any atom is 0.179 e. The van der Waals surface area contributed by atoms with Crippen molar-refractivity contribution >= 4 is 5.82 Å². The van der Waals surface area contributed by atoms with E-state index in [2.05, 4.69) is 53.4 Å². The number of aliphatic hydroxyl groups is 1. The number of aromatic nitrogens is 2. The molecular weight excluding hydrogens is 314 g/mol. The van der Waals surface area contributed by atoms with Crippen LogP contribution in [0.4, 0.5) is 5.82 Å². The fraction of sp³-hybridized carbons (Fsp3) is 0.500. The highest BCUT2D eigenvalue weighted by molar-refractivity contribution is 5.49. The van der Waals surface area contributed by atoms with Crippen molar-refractivity contribution in [3.05, 3.63) is 47.9 Å². The van der Waals surface area contributed by atoms with Crippen molar-refractivity contribution in [3.8, 4) is 5.75 Å². The van der Waals surface area contributed by atoms with Gasteiger partial charge in [-0.25, -0.2) is 9.97 Å². The molecule has 0 saturated carbocycles. The highest BCUT2D eigenvalue weighted by Gasteiger charge is 2.18. The maximum absolute atomic E-state index is 9.64. The van der Waals surface area contributed by atoms with E-state index >= 15 is 0 Å². The van der Waals surface area contributed by atoms with Gasteiger partial charge in [0.1, 0.15) is 5.82 Å². The van der Waals surface area contributed by atoms with Gasteiger partial charge in [0.25, 0.3) is 0 Å². The van der Waals surface area contributed by atoms with Crippen LogP contribution in [0.1, 0.15) is 38.1 Å². The van der Waals surface area contributed by atoms with Gasteiger partial charge >= 0.3 is 0 Å². The van der Waals surface area contributed by atoms with Crippen molar-refractivity contribution in [2.24, 2.45) is 5.92 Å². The first kappa shape index (κ1) is 19.2. The molecule has 1 aromatic carbocycles. The second kappa shape index (κ2) is 9.99. The third-order valence-electron chi connectivity index (χ3n) is 4.44. The highest BCUT2D eigenvalue weighted by atomic mass is 16.5. The molecule has 25 heavy (non-hydrogen) atoms. The summed E-state index contributed by atoms with van der Waals surface area (Å²) >= 11 is 0. The summed E-state index contributed by atoms with van der Waals surface area (Å²) in [5.41, 5.74) is 1.31. The molecule has 0 aliphatic rings. The largest absolute Gasteiger partial charge is 0.488 e. The first-order valence-electron chi connectivity index (χ1n) is 9.01. The first-order chi connectivity index (χ1) is 12.1. The minimum Gasteiger partial charge on any atom is -0.488 e. The SMILES string of the molecule is CC[C@@H](C)C(CO)Nc1nc(C)ncc1OCCCc1ccccc1. The molecule has 0 saturated heterocycles. The van der Waals surface area contributed by atoms with Crippen molar-refractivity contribution in [1.29, 1.82) is 0 Å². The number of aryl methyl sites for hydroxylation is 2. The molecule has 0 radical (unpaired) electrons. The van der Waals surface area contributed by atoms with Gasteiger partial charge in [0.2, 0.25) is 0 Å². The van der Waals surface area contributed by atoms with Gasteiger partial charge in [-0.05, 0) is 31.2 Å². The van der Waals surface area contributed by atoms with Crippen LogP contribution in [0, 0.1) is 12.8 Å². The van der Waals surface area contributed by atoms with Crippen LogP contribution < -0.4 is 10.1 Å². The molecule has 0 bridgehead atoms. The molecule has 2 aromatic rings. The van der Waals surface area contributed by atoms with Crippen LogP contribution in [-0.4, -0.2) is 34.3 Å². The highest BCUT2D eigenvalue weighted by Crippen LogP contribution is 2.24. The third-order valence-corrected chi connectivity index (χ3v) is 4.44. The van der Waals surface area contributed by atoms with E-state index in [9.17, 15) is 5.11 Å². The molecular formula is C20H29N3O2. The number of hydrogen-bond acceptors (Lipinski definition) is 5.